The van der Waals surface area contributed by atoms with Gasteiger partial charge in [0.25, 0.3) is 5.89 Å². The monoisotopic (exact) mass is 324 g/mol. The second-order valence-electron chi connectivity index (χ2n) is 5.20. The van der Waals surface area contributed by atoms with Gasteiger partial charge in [-0.2, -0.15) is 4.98 Å². The zero-order valence-electron chi connectivity index (χ0n) is 13.2. The van der Waals surface area contributed by atoms with Crippen molar-refractivity contribution in [2.24, 2.45) is 0 Å². The third kappa shape index (κ3) is 3.08. The second kappa shape index (κ2) is 6.45. The average molecular weight is 324 g/mol. The third-order valence-corrected chi connectivity index (χ3v) is 3.50. The number of ether oxygens (including phenoxy) is 1. The lowest BCUT2D eigenvalue weighted by molar-refractivity contribution is 0.373. The molecule has 1 heterocycles. The molecule has 0 amide bonds. The molecule has 0 saturated carbocycles. The van der Waals surface area contributed by atoms with E-state index in [2.05, 4.69) is 10.1 Å². The van der Waals surface area contributed by atoms with Crippen molar-refractivity contribution in [2.75, 3.05) is 7.11 Å². The molecule has 2 aromatic carbocycles. The van der Waals surface area contributed by atoms with E-state index in [-0.39, 0.29) is 17.4 Å². The number of hydrogen-bond acceptors (Lipinski definition) is 6. The van der Waals surface area contributed by atoms with Crippen LogP contribution in [0.1, 0.15) is 18.3 Å². The van der Waals surface area contributed by atoms with Gasteiger partial charge >= 0.3 is 0 Å². The largest absolute Gasteiger partial charge is 0.507 e. The minimum Gasteiger partial charge on any atom is -0.507 e. The van der Waals surface area contributed by atoms with Gasteiger partial charge in [0.15, 0.2) is 17.3 Å². The minimum atomic E-state index is 0.0775. The van der Waals surface area contributed by atoms with Crippen molar-refractivity contribution in [3.8, 4) is 28.7 Å². The minimum absolute atomic E-state index is 0.0775. The van der Waals surface area contributed by atoms with Gasteiger partial charge in [-0.3, -0.25) is 0 Å². The fourth-order valence-corrected chi connectivity index (χ4v) is 2.25. The van der Waals surface area contributed by atoms with E-state index in [1.54, 1.807) is 42.5 Å². The van der Waals surface area contributed by atoms with E-state index < -0.39 is 0 Å². The highest BCUT2D eigenvalue weighted by molar-refractivity contribution is 5.78. The van der Waals surface area contributed by atoms with Gasteiger partial charge in [-0.25, -0.2) is 0 Å². The number of methoxy groups -OCH3 is 1. The molecule has 3 rings (SSSR count). The second-order valence-corrected chi connectivity index (χ2v) is 5.20. The maximum Gasteiger partial charge on any atom is 0.261 e. The third-order valence-electron chi connectivity index (χ3n) is 3.50. The van der Waals surface area contributed by atoms with Crippen molar-refractivity contribution in [1.82, 2.24) is 10.1 Å². The first kappa shape index (κ1) is 15.6. The molecule has 0 atom stereocenters. The quantitative estimate of drug-likeness (QED) is 0.760. The number of aromatic nitrogens is 2. The molecule has 3 aromatic rings. The molecule has 6 heteroatoms. The molecule has 0 aliphatic heterocycles. The summed E-state index contributed by atoms with van der Waals surface area (Å²) in [5.74, 6) is 1.21. The number of para-hydroxylation sites is 1. The lowest BCUT2D eigenvalue weighted by Gasteiger charge is -2.04. The Morgan fingerprint density at radius 3 is 2.67 bits per heavy atom. The fraction of sp³-hybridized carbons (Fsp3) is 0.111. The summed E-state index contributed by atoms with van der Waals surface area (Å²) in [7, 11) is 1.49. The van der Waals surface area contributed by atoms with Crippen molar-refractivity contribution in [2.45, 2.75) is 6.92 Å². The summed E-state index contributed by atoms with van der Waals surface area (Å²) >= 11 is 0. The van der Waals surface area contributed by atoms with E-state index in [0.29, 0.717) is 17.1 Å². The van der Waals surface area contributed by atoms with Crippen LogP contribution in [-0.2, 0) is 0 Å². The van der Waals surface area contributed by atoms with Crippen molar-refractivity contribution >= 4 is 11.6 Å². The smallest absolute Gasteiger partial charge is 0.261 e. The molecule has 2 N–H and O–H groups in total. The first-order valence-corrected chi connectivity index (χ1v) is 7.26. The summed E-state index contributed by atoms with van der Waals surface area (Å²) in [5.41, 5.74) is 2.08. The predicted molar refractivity (Wildman–Crippen MR) is 89.6 cm³/mol. The molecule has 0 saturated heterocycles. The Bertz CT molecular complexity index is 900. The maximum absolute atomic E-state index is 9.85. The first-order valence-electron chi connectivity index (χ1n) is 7.26. The zero-order chi connectivity index (χ0) is 17.1. The Balaban J connectivity index is 1.91. The van der Waals surface area contributed by atoms with Crippen molar-refractivity contribution in [3.63, 3.8) is 0 Å². The molecule has 0 bridgehead atoms. The predicted octanol–water partition coefficient (Wildman–Crippen LogP) is 3.72. The lowest BCUT2D eigenvalue weighted by Crippen LogP contribution is -1.86. The molecule has 1 aromatic heterocycles. The summed E-state index contributed by atoms with van der Waals surface area (Å²) in [6, 6.07) is 11.8. The maximum atomic E-state index is 9.85. The normalized spacial score (nSPS) is 11.5. The van der Waals surface area contributed by atoms with Crippen LogP contribution in [0.3, 0.4) is 0 Å². The molecule has 122 valence electrons. The number of phenolic OH excluding ortho intramolecular Hbond substituents is 2. The molecular weight excluding hydrogens is 308 g/mol. The summed E-state index contributed by atoms with van der Waals surface area (Å²) < 4.78 is 10.3. The Labute approximate surface area is 138 Å². The van der Waals surface area contributed by atoms with E-state index in [1.165, 1.54) is 7.11 Å². The molecule has 0 aliphatic carbocycles. The molecule has 24 heavy (non-hydrogen) atoms. The lowest BCUT2D eigenvalue weighted by atomic mass is 10.1. The van der Waals surface area contributed by atoms with Gasteiger partial charge in [-0.15, -0.1) is 0 Å². The molecule has 0 fully saturated rings. The molecule has 0 radical (unpaired) electrons. The zero-order valence-corrected chi connectivity index (χ0v) is 13.2. The number of phenols is 2. The van der Waals surface area contributed by atoms with Crippen molar-refractivity contribution in [1.29, 1.82) is 0 Å². The summed E-state index contributed by atoms with van der Waals surface area (Å²) in [6.45, 7) is 1.85. The number of benzene rings is 2. The molecule has 0 unspecified atom stereocenters. The highest BCUT2D eigenvalue weighted by Crippen LogP contribution is 2.30. The van der Waals surface area contributed by atoms with E-state index in [9.17, 15) is 10.2 Å². The number of hydrogen-bond donors (Lipinski definition) is 2. The van der Waals surface area contributed by atoms with E-state index in [4.69, 9.17) is 9.26 Å². The van der Waals surface area contributed by atoms with E-state index >= 15 is 0 Å². The van der Waals surface area contributed by atoms with Gasteiger partial charge in [0, 0.05) is 0 Å². The van der Waals surface area contributed by atoms with Gasteiger partial charge < -0.3 is 19.5 Å². The van der Waals surface area contributed by atoms with Crippen molar-refractivity contribution < 1.29 is 19.5 Å². The molecule has 0 aliphatic rings. The number of allylic oxidation sites excluding steroid dienone is 1. The van der Waals surface area contributed by atoms with Crippen LogP contribution in [0.2, 0.25) is 0 Å². The molecule has 0 spiro atoms. The van der Waals surface area contributed by atoms with Crippen LogP contribution in [0.15, 0.2) is 47.0 Å². The fourth-order valence-electron chi connectivity index (χ4n) is 2.25. The highest BCUT2D eigenvalue weighted by Gasteiger charge is 2.13. The Morgan fingerprint density at radius 1 is 1.12 bits per heavy atom. The Morgan fingerprint density at radius 2 is 1.92 bits per heavy atom. The topological polar surface area (TPSA) is 88.6 Å². The van der Waals surface area contributed by atoms with Gasteiger partial charge in [-0.05, 0) is 48.4 Å². The van der Waals surface area contributed by atoms with Crippen molar-refractivity contribution in [3.05, 3.63) is 53.9 Å². The van der Waals surface area contributed by atoms with Crippen LogP contribution < -0.4 is 4.74 Å². The van der Waals surface area contributed by atoms with Crippen LogP contribution in [0.25, 0.3) is 23.1 Å². The van der Waals surface area contributed by atoms with Crippen LogP contribution in [0.5, 0.6) is 17.2 Å². The van der Waals surface area contributed by atoms with Crippen LogP contribution in [0.4, 0.5) is 0 Å². The summed E-state index contributed by atoms with van der Waals surface area (Å²) in [4.78, 5) is 4.31. The highest BCUT2D eigenvalue weighted by atomic mass is 16.5. The van der Waals surface area contributed by atoms with Gasteiger partial charge in [0.1, 0.15) is 5.75 Å². The number of aromatic hydroxyl groups is 2. The Hall–Kier alpha value is -3.28. The van der Waals surface area contributed by atoms with Gasteiger partial charge in [0.05, 0.1) is 12.7 Å². The van der Waals surface area contributed by atoms with E-state index in [1.807, 2.05) is 13.0 Å². The molecule has 6 nitrogen and oxygen atoms in total. The van der Waals surface area contributed by atoms with Crippen LogP contribution >= 0.6 is 0 Å². The standard InChI is InChI=1S/C18H16N2O4/c1-11(9-12-7-8-15(22)16(10-12)23-2)17-19-18(24-20-17)13-5-3-4-6-14(13)21/h3-10,21-22H,1-2H3. The number of nitrogens with zero attached hydrogens (tertiary/aromatic N) is 2. The summed E-state index contributed by atoms with van der Waals surface area (Å²) in [6.07, 6.45) is 1.85. The summed E-state index contributed by atoms with van der Waals surface area (Å²) in [5, 5.41) is 23.4. The average Bonchev–Trinajstić information content (AvgIpc) is 3.07. The first-order chi connectivity index (χ1) is 11.6. The van der Waals surface area contributed by atoms with Crippen LogP contribution in [0, 0.1) is 0 Å². The van der Waals surface area contributed by atoms with Gasteiger partial charge in [-0.1, -0.05) is 23.4 Å². The molecular formula is C18H16N2O4. The Kier molecular flexibility index (Phi) is 4.20. The van der Waals surface area contributed by atoms with E-state index in [0.717, 1.165) is 11.1 Å². The SMILES string of the molecule is COc1cc(C=C(C)c2noc(-c3ccccc3O)n2)ccc1O. The van der Waals surface area contributed by atoms with Crippen LogP contribution in [-0.4, -0.2) is 27.5 Å². The number of rotatable bonds is 4. The van der Waals surface area contributed by atoms with Gasteiger partial charge in [0.2, 0.25) is 0 Å².